The molecule has 2 rings (SSSR count). The second-order valence-electron chi connectivity index (χ2n) is 5.69. The summed E-state index contributed by atoms with van der Waals surface area (Å²) in [4.78, 5) is 35.4. The molecular weight excluding hydrogens is 326 g/mol. The summed E-state index contributed by atoms with van der Waals surface area (Å²) in [5.41, 5.74) is 1.10. The van der Waals surface area contributed by atoms with E-state index in [1.54, 1.807) is 26.0 Å². The van der Waals surface area contributed by atoms with Crippen molar-refractivity contribution >= 4 is 28.8 Å². The van der Waals surface area contributed by atoms with Crippen molar-refractivity contribution in [2.75, 3.05) is 13.2 Å². The van der Waals surface area contributed by atoms with Crippen LogP contribution in [0.1, 0.15) is 36.9 Å². The molecule has 2 amide bonds. The summed E-state index contributed by atoms with van der Waals surface area (Å²) in [5, 5.41) is 2.90. The second kappa shape index (κ2) is 8.43. The molecule has 0 bridgehead atoms. The van der Waals surface area contributed by atoms with Gasteiger partial charge in [-0.05, 0) is 13.0 Å². The molecule has 1 aromatic carbocycles. The number of nitrogens with one attached hydrogen (secondary N) is 1. The molecular formula is C18H21NO6. The van der Waals surface area contributed by atoms with Gasteiger partial charge in [-0.1, -0.05) is 32.0 Å². The minimum absolute atomic E-state index is 0.00219. The van der Waals surface area contributed by atoms with Gasteiger partial charge in [0.15, 0.2) is 6.61 Å². The molecule has 0 radical (unpaired) electrons. The quantitative estimate of drug-likeness (QED) is 0.773. The highest BCUT2D eigenvalue weighted by Gasteiger charge is 2.23. The number of para-hydroxylation sites is 1. The van der Waals surface area contributed by atoms with E-state index in [0.717, 1.165) is 5.39 Å². The van der Waals surface area contributed by atoms with E-state index in [-0.39, 0.29) is 18.3 Å². The first kappa shape index (κ1) is 18.7. The zero-order valence-electron chi connectivity index (χ0n) is 14.5. The van der Waals surface area contributed by atoms with Gasteiger partial charge in [0.25, 0.3) is 5.91 Å². The summed E-state index contributed by atoms with van der Waals surface area (Å²) >= 11 is 0. The van der Waals surface area contributed by atoms with Crippen LogP contribution >= 0.6 is 0 Å². The molecule has 0 saturated carbocycles. The SMILES string of the molecule is CCOCc1c(C(=O)OCC(=O)NC(=O)C(C)C)oc2ccccc12. The molecule has 0 spiro atoms. The van der Waals surface area contributed by atoms with E-state index in [1.165, 1.54) is 0 Å². The van der Waals surface area contributed by atoms with Crippen LogP contribution < -0.4 is 5.32 Å². The average Bonchev–Trinajstić information content (AvgIpc) is 2.96. The zero-order valence-corrected chi connectivity index (χ0v) is 14.5. The summed E-state index contributed by atoms with van der Waals surface area (Å²) in [6.45, 7) is 5.26. The monoisotopic (exact) mass is 347 g/mol. The van der Waals surface area contributed by atoms with Crippen molar-refractivity contribution in [1.82, 2.24) is 5.32 Å². The van der Waals surface area contributed by atoms with E-state index >= 15 is 0 Å². The van der Waals surface area contributed by atoms with Gasteiger partial charge in [-0.3, -0.25) is 14.9 Å². The maximum absolute atomic E-state index is 12.3. The molecule has 0 unspecified atom stereocenters. The van der Waals surface area contributed by atoms with E-state index in [2.05, 4.69) is 5.32 Å². The lowest BCUT2D eigenvalue weighted by Gasteiger charge is -2.07. The smallest absolute Gasteiger partial charge is 0.375 e. The predicted molar refractivity (Wildman–Crippen MR) is 89.8 cm³/mol. The lowest BCUT2D eigenvalue weighted by molar-refractivity contribution is -0.133. The van der Waals surface area contributed by atoms with Crippen molar-refractivity contribution in [2.24, 2.45) is 5.92 Å². The lowest BCUT2D eigenvalue weighted by atomic mass is 10.1. The molecule has 7 nitrogen and oxygen atoms in total. The number of imide groups is 1. The number of benzene rings is 1. The Bertz CT molecular complexity index is 777. The Morgan fingerprint density at radius 3 is 2.60 bits per heavy atom. The Kier molecular flexibility index (Phi) is 6.30. The highest BCUT2D eigenvalue weighted by molar-refractivity contribution is 5.99. The number of esters is 1. The van der Waals surface area contributed by atoms with Crippen LogP contribution in [0, 0.1) is 5.92 Å². The maximum Gasteiger partial charge on any atom is 0.375 e. The number of carbonyl (C=O) groups is 3. The first-order chi connectivity index (χ1) is 11.9. The van der Waals surface area contributed by atoms with Gasteiger partial charge >= 0.3 is 5.97 Å². The van der Waals surface area contributed by atoms with E-state index in [0.29, 0.717) is 17.8 Å². The molecule has 7 heteroatoms. The molecule has 0 atom stereocenters. The van der Waals surface area contributed by atoms with Crippen LogP contribution in [-0.4, -0.2) is 31.0 Å². The number of amides is 2. The number of rotatable bonds is 7. The fraction of sp³-hybridized carbons (Fsp3) is 0.389. The van der Waals surface area contributed by atoms with Gasteiger partial charge in [-0.2, -0.15) is 0 Å². The predicted octanol–water partition coefficient (Wildman–Crippen LogP) is 2.42. The third-order valence-electron chi connectivity index (χ3n) is 3.46. The van der Waals surface area contributed by atoms with Gasteiger partial charge in [-0.15, -0.1) is 0 Å². The van der Waals surface area contributed by atoms with Crippen molar-refractivity contribution in [3.63, 3.8) is 0 Å². The first-order valence-corrected chi connectivity index (χ1v) is 8.03. The maximum atomic E-state index is 12.3. The van der Waals surface area contributed by atoms with Gasteiger partial charge < -0.3 is 13.9 Å². The number of carbonyl (C=O) groups excluding carboxylic acids is 3. The summed E-state index contributed by atoms with van der Waals surface area (Å²) in [5.74, 6) is -2.24. The minimum Gasteiger partial charge on any atom is -0.450 e. The van der Waals surface area contributed by atoms with E-state index < -0.39 is 24.4 Å². The van der Waals surface area contributed by atoms with Crippen LogP contribution in [0.15, 0.2) is 28.7 Å². The molecule has 1 aromatic heterocycles. The van der Waals surface area contributed by atoms with Crippen molar-refractivity contribution in [1.29, 1.82) is 0 Å². The Morgan fingerprint density at radius 2 is 1.92 bits per heavy atom. The summed E-state index contributed by atoms with van der Waals surface area (Å²) < 4.78 is 15.9. The zero-order chi connectivity index (χ0) is 18.4. The van der Waals surface area contributed by atoms with Crippen LogP contribution in [0.5, 0.6) is 0 Å². The van der Waals surface area contributed by atoms with Crippen molar-refractivity contribution in [2.45, 2.75) is 27.4 Å². The highest BCUT2D eigenvalue weighted by Crippen LogP contribution is 2.27. The van der Waals surface area contributed by atoms with Crippen LogP contribution in [0.3, 0.4) is 0 Å². The molecule has 0 fully saturated rings. The van der Waals surface area contributed by atoms with Gasteiger partial charge in [0.2, 0.25) is 11.7 Å². The Balaban J connectivity index is 2.10. The fourth-order valence-corrected chi connectivity index (χ4v) is 2.13. The van der Waals surface area contributed by atoms with Gasteiger partial charge in [-0.25, -0.2) is 4.79 Å². The normalized spacial score (nSPS) is 10.9. The van der Waals surface area contributed by atoms with Crippen LogP contribution in [-0.2, 0) is 25.7 Å². The molecule has 1 heterocycles. The molecule has 0 aliphatic rings. The molecule has 2 aromatic rings. The van der Waals surface area contributed by atoms with Gasteiger partial charge in [0.1, 0.15) is 5.58 Å². The first-order valence-electron chi connectivity index (χ1n) is 8.03. The summed E-state index contributed by atoms with van der Waals surface area (Å²) in [6.07, 6.45) is 0. The average molecular weight is 347 g/mol. The number of fused-ring (bicyclic) bond motifs is 1. The highest BCUT2D eigenvalue weighted by atomic mass is 16.5. The Labute approximate surface area is 145 Å². The van der Waals surface area contributed by atoms with Crippen molar-refractivity contribution < 1.29 is 28.3 Å². The number of hydrogen-bond acceptors (Lipinski definition) is 6. The second-order valence-corrected chi connectivity index (χ2v) is 5.69. The lowest BCUT2D eigenvalue weighted by Crippen LogP contribution is -2.36. The third-order valence-corrected chi connectivity index (χ3v) is 3.46. The standard InChI is InChI=1S/C18H21NO6/c1-4-23-9-13-12-7-5-6-8-14(12)25-16(13)18(22)24-10-15(20)19-17(21)11(2)3/h5-8,11H,4,9-10H2,1-3H3,(H,19,20,21). The van der Waals surface area contributed by atoms with E-state index in [1.807, 2.05) is 19.1 Å². The number of furan rings is 1. The summed E-state index contributed by atoms with van der Waals surface area (Å²) in [7, 11) is 0. The summed E-state index contributed by atoms with van der Waals surface area (Å²) in [6, 6.07) is 7.16. The molecule has 25 heavy (non-hydrogen) atoms. The van der Waals surface area contributed by atoms with Gasteiger partial charge in [0.05, 0.1) is 6.61 Å². The van der Waals surface area contributed by atoms with Crippen LogP contribution in [0.4, 0.5) is 0 Å². The Morgan fingerprint density at radius 1 is 1.20 bits per heavy atom. The number of hydrogen-bond donors (Lipinski definition) is 1. The fourth-order valence-electron chi connectivity index (χ4n) is 2.13. The topological polar surface area (TPSA) is 94.8 Å². The van der Waals surface area contributed by atoms with E-state index in [4.69, 9.17) is 13.9 Å². The van der Waals surface area contributed by atoms with Crippen LogP contribution in [0.2, 0.25) is 0 Å². The molecule has 0 aliphatic carbocycles. The van der Waals surface area contributed by atoms with Crippen LogP contribution in [0.25, 0.3) is 11.0 Å². The van der Waals surface area contributed by atoms with Crippen molar-refractivity contribution in [3.8, 4) is 0 Å². The minimum atomic E-state index is -0.780. The molecule has 1 N–H and O–H groups in total. The van der Waals surface area contributed by atoms with Gasteiger partial charge in [0, 0.05) is 23.5 Å². The largest absolute Gasteiger partial charge is 0.450 e. The third kappa shape index (κ3) is 4.67. The molecule has 0 saturated heterocycles. The molecule has 134 valence electrons. The Hall–Kier alpha value is -2.67. The molecule has 0 aliphatic heterocycles. The number of ether oxygens (including phenoxy) is 2. The van der Waals surface area contributed by atoms with E-state index in [9.17, 15) is 14.4 Å². The van der Waals surface area contributed by atoms with Crippen molar-refractivity contribution in [3.05, 3.63) is 35.6 Å².